The molecule has 5 heteroatoms. The first-order chi connectivity index (χ1) is 10.2. The van der Waals surface area contributed by atoms with Crippen molar-refractivity contribution in [1.82, 2.24) is 5.32 Å². The number of ether oxygens (including phenoxy) is 2. The Morgan fingerprint density at radius 3 is 2.57 bits per heavy atom. The molecule has 0 spiro atoms. The Bertz CT molecular complexity index is 400. The Morgan fingerprint density at radius 2 is 1.90 bits per heavy atom. The van der Waals surface area contributed by atoms with Gasteiger partial charge in [-0.05, 0) is 37.6 Å². The van der Waals surface area contributed by atoms with Gasteiger partial charge in [0, 0.05) is 6.54 Å². The average molecular weight is 301 g/mol. The minimum atomic E-state index is -2.84. The van der Waals surface area contributed by atoms with Crippen LogP contribution in [0.15, 0.2) is 18.2 Å². The van der Waals surface area contributed by atoms with Crippen molar-refractivity contribution in [2.75, 3.05) is 13.2 Å². The van der Waals surface area contributed by atoms with Crippen molar-refractivity contribution in [3.05, 3.63) is 23.8 Å². The number of benzene rings is 1. The number of hydrogen-bond acceptors (Lipinski definition) is 3. The van der Waals surface area contributed by atoms with Gasteiger partial charge in [-0.3, -0.25) is 0 Å². The number of nitrogens with one attached hydrogen (secondary N) is 1. The molecule has 0 saturated carbocycles. The third-order valence-corrected chi connectivity index (χ3v) is 3.06. The van der Waals surface area contributed by atoms with Crippen molar-refractivity contribution in [3.63, 3.8) is 0 Å². The van der Waals surface area contributed by atoms with Gasteiger partial charge in [-0.15, -0.1) is 0 Å². The Labute approximate surface area is 125 Å². The van der Waals surface area contributed by atoms with Crippen LogP contribution < -0.4 is 14.8 Å². The van der Waals surface area contributed by atoms with Crippen molar-refractivity contribution < 1.29 is 18.3 Å². The lowest BCUT2D eigenvalue weighted by Crippen LogP contribution is -2.15. The second-order valence-electron chi connectivity index (χ2n) is 4.83. The molecule has 0 atom stereocenters. The topological polar surface area (TPSA) is 30.5 Å². The second kappa shape index (κ2) is 10.4. The predicted octanol–water partition coefficient (Wildman–Crippen LogP) is 4.36. The first-order valence-corrected chi connectivity index (χ1v) is 7.58. The summed E-state index contributed by atoms with van der Waals surface area (Å²) in [5.41, 5.74) is 0.996. The smallest absolute Gasteiger partial charge is 0.387 e. The van der Waals surface area contributed by atoms with Crippen LogP contribution in [0, 0.1) is 0 Å². The number of hydrogen-bond donors (Lipinski definition) is 1. The third kappa shape index (κ3) is 7.27. The maximum absolute atomic E-state index is 12.3. The quantitative estimate of drug-likeness (QED) is 0.616. The van der Waals surface area contributed by atoms with E-state index < -0.39 is 6.61 Å². The van der Waals surface area contributed by atoms with Crippen LogP contribution in [0.2, 0.25) is 0 Å². The molecule has 3 nitrogen and oxygen atoms in total. The van der Waals surface area contributed by atoms with Crippen LogP contribution in [0.1, 0.15) is 45.1 Å². The van der Waals surface area contributed by atoms with Gasteiger partial charge in [-0.1, -0.05) is 32.3 Å². The highest BCUT2D eigenvalue weighted by Crippen LogP contribution is 2.29. The molecule has 0 aliphatic carbocycles. The summed E-state index contributed by atoms with van der Waals surface area (Å²) in [6, 6.07) is 5.06. The second-order valence-corrected chi connectivity index (χ2v) is 4.83. The Balaban J connectivity index is 2.49. The van der Waals surface area contributed by atoms with Gasteiger partial charge in [-0.25, -0.2) is 0 Å². The van der Waals surface area contributed by atoms with Gasteiger partial charge in [0.15, 0.2) is 11.5 Å². The van der Waals surface area contributed by atoms with Gasteiger partial charge in [0.25, 0.3) is 0 Å². The molecule has 0 heterocycles. The van der Waals surface area contributed by atoms with Crippen molar-refractivity contribution in [1.29, 1.82) is 0 Å². The molecule has 0 fully saturated rings. The van der Waals surface area contributed by atoms with Crippen molar-refractivity contribution in [2.24, 2.45) is 0 Å². The lowest BCUT2D eigenvalue weighted by atomic mass is 10.2. The lowest BCUT2D eigenvalue weighted by Gasteiger charge is -2.13. The van der Waals surface area contributed by atoms with E-state index in [-0.39, 0.29) is 5.75 Å². The molecule has 0 saturated heterocycles. The van der Waals surface area contributed by atoms with E-state index in [9.17, 15) is 8.78 Å². The Kier molecular flexibility index (Phi) is 8.74. The molecular weight excluding hydrogens is 276 g/mol. The van der Waals surface area contributed by atoms with Crippen LogP contribution in [0.5, 0.6) is 11.5 Å². The van der Waals surface area contributed by atoms with E-state index in [1.165, 1.54) is 25.3 Å². The number of halogens is 2. The average Bonchev–Trinajstić information content (AvgIpc) is 2.45. The van der Waals surface area contributed by atoms with Gasteiger partial charge < -0.3 is 14.8 Å². The molecule has 0 bridgehead atoms. The maximum atomic E-state index is 12.3. The molecule has 1 N–H and O–H groups in total. The van der Waals surface area contributed by atoms with Crippen LogP contribution in [0.4, 0.5) is 8.78 Å². The highest BCUT2D eigenvalue weighted by Gasteiger charge is 2.11. The molecule has 1 aromatic rings. The number of rotatable bonds is 11. The van der Waals surface area contributed by atoms with Gasteiger partial charge in [0.05, 0.1) is 6.61 Å². The Hall–Kier alpha value is -1.36. The zero-order valence-corrected chi connectivity index (χ0v) is 12.8. The third-order valence-electron chi connectivity index (χ3n) is 3.06. The summed E-state index contributed by atoms with van der Waals surface area (Å²) < 4.78 is 34.4. The summed E-state index contributed by atoms with van der Waals surface area (Å²) in [6.45, 7) is 3.22. The number of alkyl halides is 2. The van der Waals surface area contributed by atoms with E-state index in [2.05, 4.69) is 17.0 Å². The molecular formula is C16H25F2NO2. The van der Waals surface area contributed by atoms with Crippen LogP contribution in [-0.4, -0.2) is 19.8 Å². The predicted molar refractivity (Wildman–Crippen MR) is 80.1 cm³/mol. The van der Waals surface area contributed by atoms with E-state index >= 15 is 0 Å². The summed E-state index contributed by atoms with van der Waals surface area (Å²) >= 11 is 0. The van der Waals surface area contributed by atoms with Gasteiger partial charge >= 0.3 is 6.61 Å². The van der Waals surface area contributed by atoms with Crippen LogP contribution in [-0.2, 0) is 6.54 Å². The van der Waals surface area contributed by atoms with Crippen LogP contribution in [0.3, 0.4) is 0 Å². The highest BCUT2D eigenvalue weighted by atomic mass is 19.3. The first-order valence-electron chi connectivity index (χ1n) is 7.58. The fourth-order valence-electron chi connectivity index (χ4n) is 2.03. The standard InChI is InChI=1S/C16H25F2NO2/c1-3-5-6-7-10-19-12-13-8-9-14(21-16(17)18)15(11-13)20-4-2/h8-9,11,16,19H,3-7,10,12H2,1-2H3. The number of unbranched alkanes of at least 4 members (excludes halogenated alkanes) is 3. The molecule has 0 aliphatic rings. The zero-order chi connectivity index (χ0) is 15.5. The summed E-state index contributed by atoms with van der Waals surface area (Å²) in [4.78, 5) is 0. The molecule has 0 aliphatic heterocycles. The van der Waals surface area contributed by atoms with Gasteiger partial charge in [0.1, 0.15) is 0 Å². The normalized spacial score (nSPS) is 10.9. The molecule has 0 amide bonds. The highest BCUT2D eigenvalue weighted by molar-refractivity contribution is 5.43. The molecule has 120 valence electrons. The molecule has 21 heavy (non-hydrogen) atoms. The van der Waals surface area contributed by atoms with E-state index in [0.29, 0.717) is 18.9 Å². The van der Waals surface area contributed by atoms with E-state index in [0.717, 1.165) is 18.5 Å². The summed E-state index contributed by atoms with van der Waals surface area (Å²) in [5.74, 6) is 0.446. The summed E-state index contributed by atoms with van der Waals surface area (Å²) in [7, 11) is 0. The summed E-state index contributed by atoms with van der Waals surface area (Å²) in [5, 5.41) is 3.35. The fraction of sp³-hybridized carbons (Fsp3) is 0.625. The SMILES string of the molecule is CCCCCCNCc1ccc(OC(F)F)c(OCC)c1. The zero-order valence-electron chi connectivity index (χ0n) is 12.8. The maximum Gasteiger partial charge on any atom is 0.387 e. The van der Waals surface area contributed by atoms with Crippen molar-refractivity contribution in [2.45, 2.75) is 52.7 Å². The van der Waals surface area contributed by atoms with E-state index in [1.54, 1.807) is 12.1 Å². The van der Waals surface area contributed by atoms with Crippen molar-refractivity contribution in [3.8, 4) is 11.5 Å². The fourth-order valence-corrected chi connectivity index (χ4v) is 2.03. The molecule has 0 unspecified atom stereocenters. The largest absolute Gasteiger partial charge is 0.490 e. The molecule has 0 aromatic heterocycles. The molecule has 1 rings (SSSR count). The molecule has 0 radical (unpaired) electrons. The monoisotopic (exact) mass is 301 g/mol. The minimum Gasteiger partial charge on any atom is -0.490 e. The van der Waals surface area contributed by atoms with Crippen molar-refractivity contribution >= 4 is 0 Å². The molecule has 1 aromatic carbocycles. The minimum absolute atomic E-state index is 0.0820. The van der Waals surface area contributed by atoms with Crippen LogP contribution in [0.25, 0.3) is 0 Å². The Morgan fingerprint density at radius 1 is 1.10 bits per heavy atom. The van der Waals surface area contributed by atoms with E-state index in [4.69, 9.17) is 4.74 Å². The van der Waals surface area contributed by atoms with Gasteiger partial charge in [-0.2, -0.15) is 8.78 Å². The first kappa shape index (κ1) is 17.7. The lowest BCUT2D eigenvalue weighted by molar-refractivity contribution is -0.0514. The van der Waals surface area contributed by atoms with Crippen LogP contribution >= 0.6 is 0 Å². The summed E-state index contributed by atoms with van der Waals surface area (Å²) in [6.07, 6.45) is 4.87. The van der Waals surface area contributed by atoms with Gasteiger partial charge in [0.2, 0.25) is 0 Å². The van der Waals surface area contributed by atoms with E-state index in [1.807, 2.05) is 6.92 Å².